The Morgan fingerprint density at radius 1 is 1.33 bits per heavy atom. The van der Waals surface area contributed by atoms with E-state index in [1.54, 1.807) is 6.33 Å². The first-order valence-electron chi connectivity index (χ1n) is 5.80. The Bertz CT molecular complexity index is 282. The van der Waals surface area contributed by atoms with E-state index in [4.69, 9.17) is 0 Å². The van der Waals surface area contributed by atoms with Gasteiger partial charge in [0.25, 0.3) is 0 Å². The minimum atomic E-state index is 0.575. The summed E-state index contributed by atoms with van der Waals surface area (Å²) >= 11 is 0. The lowest BCUT2D eigenvalue weighted by Crippen LogP contribution is -2.31. The van der Waals surface area contributed by atoms with Crippen molar-refractivity contribution < 1.29 is 0 Å². The summed E-state index contributed by atoms with van der Waals surface area (Å²) in [5, 5.41) is 8.08. The quantitative estimate of drug-likeness (QED) is 0.707. The standard InChI is InChI=1S/C9H16N4.C2H6/c1-12-5-3-4-8(6-12)9-11-10-7-13(9)2;1-2/h7-8H,3-6H2,1-2H3;1-2H3. The molecule has 2 heterocycles. The highest BCUT2D eigenvalue weighted by molar-refractivity contribution is 4.98. The molecule has 1 fully saturated rings. The van der Waals surface area contributed by atoms with Gasteiger partial charge in [0, 0.05) is 19.5 Å². The van der Waals surface area contributed by atoms with E-state index in [2.05, 4.69) is 22.1 Å². The number of likely N-dealkylation sites (N-methyl/N-ethyl adjacent to an activating group) is 1. The van der Waals surface area contributed by atoms with Gasteiger partial charge < -0.3 is 9.47 Å². The van der Waals surface area contributed by atoms with Gasteiger partial charge >= 0.3 is 0 Å². The number of aromatic nitrogens is 3. The second-order valence-electron chi connectivity index (χ2n) is 3.90. The molecule has 15 heavy (non-hydrogen) atoms. The maximum atomic E-state index is 4.16. The van der Waals surface area contributed by atoms with Crippen LogP contribution in [-0.4, -0.2) is 39.8 Å². The van der Waals surface area contributed by atoms with Crippen molar-refractivity contribution in [3.63, 3.8) is 0 Å². The number of hydrogen-bond acceptors (Lipinski definition) is 3. The largest absolute Gasteiger partial charge is 0.320 e. The molecule has 1 aliphatic heterocycles. The molecule has 0 bridgehead atoms. The lowest BCUT2D eigenvalue weighted by Gasteiger charge is -2.28. The summed E-state index contributed by atoms with van der Waals surface area (Å²) in [5.74, 6) is 1.71. The zero-order chi connectivity index (χ0) is 11.3. The molecule has 0 aliphatic carbocycles. The molecule has 4 heteroatoms. The summed E-state index contributed by atoms with van der Waals surface area (Å²) in [4.78, 5) is 2.36. The predicted octanol–water partition coefficient (Wildman–Crippen LogP) is 1.65. The van der Waals surface area contributed by atoms with Crippen molar-refractivity contribution in [1.29, 1.82) is 0 Å². The molecule has 1 atom stereocenters. The molecular formula is C11H22N4. The van der Waals surface area contributed by atoms with Gasteiger partial charge in [0.15, 0.2) is 0 Å². The third-order valence-corrected chi connectivity index (χ3v) is 2.74. The lowest BCUT2D eigenvalue weighted by atomic mass is 9.98. The van der Waals surface area contributed by atoms with Crippen LogP contribution in [0.25, 0.3) is 0 Å². The van der Waals surface area contributed by atoms with Gasteiger partial charge in [-0.25, -0.2) is 0 Å². The molecular weight excluding hydrogens is 188 g/mol. The zero-order valence-electron chi connectivity index (χ0n) is 10.3. The van der Waals surface area contributed by atoms with E-state index in [-0.39, 0.29) is 0 Å². The van der Waals surface area contributed by atoms with Crippen LogP contribution in [0.4, 0.5) is 0 Å². The molecule has 0 N–H and O–H groups in total. The van der Waals surface area contributed by atoms with Crippen LogP contribution < -0.4 is 0 Å². The fourth-order valence-corrected chi connectivity index (χ4v) is 2.04. The third-order valence-electron chi connectivity index (χ3n) is 2.74. The first-order chi connectivity index (χ1) is 7.27. The highest BCUT2D eigenvalue weighted by Gasteiger charge is 2.22. The Hall–Kier alpha value is -0.900. The molecule has 86 valence electrons. The topological polar surface area (TPSA) is 34.0 Å². The molecule has 4 nitrogen and oxygen atoms in total. The molecule has 0 spiro atoms. The molecule has 1 unspecified atom stereocenters. The SMILES string of the molecule is CC.CN1CCCC(c2nncn2C)C1. The first kappa shape index (κ1) is 12.2. The van der Waals surface area contributed by atoms with Crippen molar-refractivity contribution in [2.45, 2.75) is 32.6 Å². The average molecular weight is 210 g/mol. The molecule has 1 aromatic heterocycles. The first-order valence-corrected chi connectivity index (χ1v) is 5.80. The molecule has 2 rings (SSSR count). The Morgan fingerprint density at radius 2 is 2.07 bits per heavy atom. The number of piperidine rings is 1. The van der Waals surface area contributed by atoms with Crippen molar-refractivity contribution in [1.82, 2.24) is 19.7 Å². The van der Waals surface area contributed by atoms with E-state index in [0.717, 1.165) is 12.4 Å². The normalized spacial score (nSPS) is 22.0. The summed E-state index contributed by atoms with van der Waals surface area (Å²) < 4.78 is 2.03. The van der Waals surface area contributed by atoms with Crippen LogP contribution in [0.5, 0.6) is 0 Å². The fourth-order valence-electron chi connectivity index (χ4n) is 2.04. The molecule has 1 saturated heterocycles. The van der Waals surface area contributed by atoms with E-state index in [1.165, 1.54) is 19.4 Å². The summed E-state index contributed by atoms with van der Waals surface area (Å²) in [6.45, 7) is 6.33. The van der Waals surface area contributed by atoms with Crippen LogP contribution in [0.15, 0.2) is 6.33 Å². The van der Waals surface area contributed by atoms with Gasteiger partial charge in [-0.15, -0.1) is 10.2 Å². The van der Waals surface area contributed by atoms with Crippen molar-refractivity contribution in [2.24, 2.45) is 7.05 Å². The van der Waals surface area contributed by atoms with Crippen LogP contribution in [0.3, 0.4) is 0 Å². The van der Waals surface area contributed by atoms with Crippen molar-refractivity contribution in [3.8, 4) is 0 Å². The second kappa shape index (κ2) is 5.85. The number of likely N-dealkylation sites (tertiary alicyclic amines) is 1. The summed E-state index contributed by atoms with van der Waals surface area (Å²) in [7, 11) is 4.19. The molecule has 0 radical (unpaired) electrons. The Balaban J connectivity index is 0.000000531. The van der Waals surface area contributed by atoms with Gasteiger partial charge in [0.2, 0.25) is 0 Å². The molecule has 0 aromatic carbocycles. The van der Waals surface area contributed by atoms with Crippen LogP contribution in [0.1, 0.15) is 38.4 Å². The van der Waals surface area contributed by atoms with Crippen LogP contribution in [-0.2, 0) is 7.05 Å². The van der Waals surface area contributed by atoms with Crippen molar-refractivity contribution >= 4 is 0 Å². The highest BCUT2D eigenvalue weighted by atomic mass is 15.3. The van der Waals surface area contributed by atoms with Gasteiger partial charge in [-0.1, -0.05) is 13.8 Å². The summed E-state index contributed by atoms with van der Waals surface area (Å²) in [6, 6.07) is 0. The monoisotopic (exact) mass is 210 g/mol. The predicted molar refractivity (Wildman–Crippen MR) is 61.8 cm³/mol. The lowest BCUT2D eigenvalue weighted by molar-refractivity contribution is 0.243. The third kappa shape index (κ3) is 3.02. The van der Waals surface area contributed by atoms with Crippen LogP contribution >= 0.6 is 0 Å². The summed E-state index contributed by atoms with van der Waals surface area (Å²) in [6.07, 6.45) is 4.30. The van der Waals surface area contributed by atoms with Crippen molar-refractivity contribution in [3.05, 3.63) is 12.2 Å². The van der Waals surface area contributed by atoms with E-state index in [9.17, 15) is 0 Å². The molecule has 0 saturated carbocycles. The number of hydrogen-bond donors (Lipinski definition) is 0. The molecule has 1 aliphatic rings. The molecule has 0 amide bonds. The smallest absolute Gasteiger partial charge is 0.136 e. The van der Waals surface area contributed by atoms with Crippen LogP contribution in [0, 0.1) is 0 Å². The molecule has 1 aromatic rings. The number of nitrogens with zero attached hydrogens (tertiary/aromatic N) is 4. The number of aryl methyl sites for hydroxylation is 1. The van der Waals surface area contributed by atoms with Gasteiger partial charge in [-0.2, -0.15) is 0 Å². The second-order valence-corrected chi connectivity index (χ2v) is 3.90. The maximum Gasteiger partial charge on any atom is 0.136 e. The Kier molecular flexibility index (Phi) is 4.75. The van der Waals surface area contributed by atoms with Gasteiger partial charge in [-0.3, -0.25) is 0 Å². The Labute approximate surface area is 92.3 Å². The highest BCUT2D eigenvalue weighted by Crippen LogP contribution is 2.23. The Morgan fingerprint density at radius 3 is 2.60 bits per heavy atom. The maximum absolute atomic E-state index is 4.16. The average Bonchev–Trinajstić information content (AvgIpc) is 2.67. The summed E-state index contributed by atoms with van der Waals surface area (Å²) in [5.41, 5.74) is 0. The van der Waals surface area contributed by atoms with Crippen molar-refractivity contribution in [2.75, 3.05) is 20.1 Å². The van der Waals surface area contributed by atoms with E-state index in [0.29, 0.717) is 5.92 Å². The minimum Gasteiger partial charge on any atom is -0.320 e. The van der Waals surface area contributed by atoms with Gasteiger partial charge in [0.05, 0.1) is 0 Å². The van der Waals surface area contributed by atoms with E-state index in [1.807, 2.05) is 25.5 Å². The number of rotatable bonds is 1. The minimum absolute atomic E-state index is 0.575. The van der Waals surface area contributed by atoms with Crippen LogP contribution in [0.2, 0.25) is 0 Å². The van der Waals surface area contributed by atoms with Gasteiger partial charge in [0.1, 0.15) is 12.2 Å². The van der Waals surface area contributed by atoms with Gasteiger partial charge in [-0.05, 0) is 26.4 Å². The van der Waals surface area contributed by atoms with E-state index < -0.39 is 0 Å². The zero-order valence-corrected chi connectivity index (χ0v) is 10.3. The fraction of sp³-hybridized carbons (Fsp3) is 0.818. The van der Waals surface area contributed by atoms with E-state index >= 15 is 0 Å².